The lowest BCUT2D eigenvalue weighted by atomic mass is 9.94. The molecule has 0 radical (unpaired) electrons. The summed E-state index contributed by atoms with van der Waals surface area (Å²) in [5, 5.41) is 0. The number of carbonyl (C=O) groups excluding carboxylic acids is 7. The third kappa shape index (κ3) is 38.1. The number of nitrogens with zero attached hydrogens (tertiary/aromatic N) is 1. The molecule has 0 atom stereocenters. The average Bonchev–Trinajstić information content (AvgIpc) is 3.26. The Morgan fingerprint density at radius 2 is 0.631 bits per heavy atom. The highest BCUT2D eigenvalue weighted by Crippen LogP contribution is 2.27. The Bertz CT molecular complexity index is 1220. The van der Waals surface area contributed by atoms with Gasteiger partial charge in [0.1, 0.15) is 0 Å². The number of hydrogen-bond donors (Lipinski definition) is 0. The summed E-state index contributed by atoms with van der Waals surface area (Å²) in [6.07, 6.45) is 19.1. The molecular formula is C50H89NO14. The van der Waals surface area contributed by atoms with Crippen molar-refractivity contribution in [2.45, 2.75) is 219 Å². The fourth-order valence-corrected chi connectivity index (χ4v) is 6.68. The fourth-order valence-electron chi connectivity index (χ4n) is 6.68. The quantitative estimate of drug-likeness (QED) is 0.0319. The van der Waals surface area contributed by atoms with Crippen molar-refractivity contribution in [3.8, 4) is 0 Å². The van der Waals surface area contributed by atoms with Crippen molar-refractivity contribution < 1.29 is 66.7 Å². The van der Waals surface area contributed by atoms with Crippen LogP contribution in [0.15, 0.2) is 0 Å². The first-order valence-electron chi connectivity index (χ1n) is 25.2. The van der Waals surface area contributed by atoms with Crippen LogP contribution in [0.1, 0.15) is 213 Å². The van der Waals surface area contributed by atoms with Crippen molar-refractivity contribution in [2.75, 3.05) is 60.3 Å². The molecule has 15 nitrogen and oxygen atoms in total. The Morgan fingerprint density at radius 1 is 0.338 bits per heavy atom. The minimum absolute atomic E-state index is 0.0218. The highest BCUT2D eigenvalue weighted by molar-refractivity contribution is 5.92. The lowest BCUT2D eigenvalue weighted by molar-refractivity contribution is -0.191. The maximum absolute atomic E-state index is 13.9. The van der Waals surface area contributed by atoms with Crippen molar-refractivity contribution >= 4 is 41.8 Å². The summed E-state index contributed by atoms with van der Waals surface area (Å²) in [6, 6.07) is 0. The van der Waals surface area contributed by atoms with Crippen LogP contribution in [0, 0.1) is 0 Å². The molecule has 0 N–H and O–H groups in total. The number of carbonyl (C=O) groups is 7. The van der Waals surface area contributed by atoms with Gasteiger partial charge in [-0.2, -0.15) is 0 Å². The van der Waals surface area contributed by atoms with Crippen LogP contribution in [-0.4, -0.2) is 113 Å². The van der Waals surface area contributed by atoms with E-state index in [0.717, 1.165) is 89.9 Å². The molecule has 0 saturated heterocycles. The molecule has 0 saturated carbocycles. The molecule has 15 heteroatoms. The molecule has 65 heavy (non-hydrogen) atoms. The fraction of sp³-hybridized carbons (Fsp3) is 0.860. The van der Waals surface area contributed by atoms with E-state index < -0.39 is 42.3 Å². The summed E-state index contributed by atoms with van der Waals surface area (Å²) in [7, 11) is 3.53. The SMILES string of the molecule is CCCCCCOC(=O)CCCCCCOC(=O)CC(CC(=O)OCCCCCCC(=O)OCCCCCC)(OC(=O)CCN(C)C)C(=O)OCCCCCCC(=O)OCCCCCC. The molecule has 0 aliphatic carbocycles. The molecule has 0 heterocycles. The van der Waals surface area contributed by atoms with Gasteiger partial charge in [-0.15, -0.1) is 0 Å². The summed E-state index contributed by atoms with van der Waals surface area (Å²) in [4.78, 5) is 91.7. The van der Waals surface area contributed by atoms with Crippen molar-refractivity contribution in [3.63, 3.8) is 0 Å². The lowest BCUT2D eigenvalue weighted by Crippen LogP contribution is -2.49. The topological polar surface area (TPSA) is 187 Å². The molecule has 0 spiro atoms. The molecule has 0 aromatic heterocycles. The molecule has 378 valence electrons. The summed E-state index contributed by atoms with van der Waals surface area (Å²) in [5.41, 5.74) is -2.33. The third-order valence-electron chi connectivity index (χ3n) is 10.7. The maximum Gasteiger partial charge on any atom is 0.351 e. The van der Waals surface area contributed by atoms with Crippen molar-refractivity contribution in [3.05, 3.63) is 0 Å². The first kappa shape index (κ1) is 61.2. The first-order valence-corrected chi connectivity index (χ1v) is 25.2. The zero-order chi connectivity index (χ0) is 48.2. The molecule has 0 unspecified atom stereocenters. The van der Waals surface area contributed by atoms with Crippen LogP contribution in [-0.2, 0) is 66.7 Å². The number of unbranched alkanes of at least 4 members (excludes halogenated alkanes) is 18. The van der Waals surface area contributed by atoms with E-state index >= 15 is 0 Å². The second-order valence-corrected chi connectivity index (χ2v) is 17.3. The van der Waals surface area contributed by atoms with Gasteiger partial charge in [-0.25, -0.2) is 4.79 Å². The molecule has 0 aromatic rings. The largest absolute Gasteiger partial charge is 0.466 e. The van der Waals surface area contributed by atoms with Gasteiger partial charge in [-0.05, 0) is 71.9 Å². The lowest BCUT2D eigenvalue weighted by Gasteiger charge is -2.30. The molecule has 0 fully saturated rings. The summed E-state index contributed by atoms with van der Waals surface area (Å²) >= 11 is 0. The van der Waals surface area contributed by atoms with Crippen LogP contribution in [0.4, 0.5) is 0 Å². The van der Waals surface area contributed by atoms with Crippen LogP contribution in [0.25, 0.3) is 0 Å². The number of esters is 7. The molecule has 0 aromatic carbocycles. The van der Waals surface area contributed by atoms with Crippen LogP contribution in [0.2, 0.25) is 0 Å². The van der Waals surface area contributed by atoms with Gasteiger partial charge in [0.25, 0.3) is 0 Å². The Morgan fingerprint density at radius 3 is 0.954 bits per heavy atom. The van der Waals surface area contributed by atoms with Gasteiger partial charge in [0.2, 0.25) is 5.60 Å². The van der Waals surface area contributed by atoms with Crippen molar-refractivity contribution in [1.29, 1.82) is 0 Å². The van der Waals surface area contributed by atoms with Gasteiger partial charge in [0, 0.05) is 25.8 Å². The van der Waals surface area contributed by atoms with Crippen LogP contribution >= 0.6 is 0 Å². The monoisotopic (exact) mass is 928 g/mol. The van der Waals surface area contributed by atoms with E-state index in [2.05, 4.69) is 20.8 Å². The van der Waals surface area contributed by atoms with Gasteiger partial charge in [-0.3, -0.25) is 28.8 Å². The van der Waals surface area contributed by atoms with Gasteiger partial charge in [0.05, 0.1) is 58.9 Å². The zero-order valence-electron chi connectivity index (χ0n) is 41.3. The average molecular weight is 928 g/mol. The van der Waals surface area contributed by atoms with Crippen molar-refractivity contribution in [2.24, 2.45) is 0 Å². The molecule has 0 aliphatic heterocycles. The number of ether oxygens (including phenoxy) is 7. The summed E-state index contributed by atoms with van der Waals surface area (Å²) in [5.74, 6) is -4.22. The minimum Gasteiger partial charge on any atom is -0.466 e. The highest BCUT2D eigenvalue weighted by Gasteiger charge is 2.49. The van der Waals surface area contributed by atoms with E-state index in [-0.39, 0.29) is 44.1 Å². The second-order valence-electron chi connectivity index (χ2n) is 17.3. The highest BCUT2D eigenvalue weighted by atomic mass is 16.6. The smallest absolute Gasteiger partial charge is 0.351 e. The predicted octanol–water partition coefficient (Wildman–Crippen LogP) is 9.85. The van der Waals surface area contributed by atoms with E-state index in [0.29, 0.717) is 110 Å². The van der Waals surface area contributed by atoms with E-state index in [1.807, 2.05) is 0 Å². The zero-order valence-corrected chi connectivity index (χ0v) is 41.3. The second kappa shape index (κ2) is 42.9. The molecule has 0 rings (SSSR count). The van der Waals surface area contributed by atoms with E-state index in [1.54, 1.807) is 19.0 Å². The standard InChI is InChI=1S/C50H89NO14/c1-6-9-12-24-35-59-43(52)30-21-15-18-27-38-62-47(56)41-50(65-46(55)33-34-51(4)5,49(58)64-40-29-20-17-23-32-45(54)61-37-26-14-11-8-3)42-48(57)63-39-28-19-16-22-31-44(53)60-36-25-13-10-7-2/h6-42H2,1-5H3. The molecular weight excluding hydrogens is 839 g/mol. The predicted molar refractivity (Wildman–Crippen MR) is 249 cm³/mol. The third-order valence-corrected chi connectivity index (χ3v) is 10.7. The van der Waals surface area contributed by atoms with Gasteiger partial charge < -0.3 is 38.1 Å². The molecule has 0 amide bonds. The summed E-state index contributed by atoms with van der Waals surface area (Å²) < 4.78 is 38.2. The van der Waals surface area contributed by atoms with Crippen LogP contribution in [0.3, 0.4) is 0 Å². The molecule has 0 bridgehead atoms. The normalized spacial score (nSPS) is 11.2. The Labute approximate surface area is 391 Å². The van der Waals surface area contributed by atoms with Crippen LogP contribution in [0.5, 0.6) is 0 Å². The van der Waals surface area contributed by atoms with Gasteiger partial charge >= 0.3 is 41.8 Å². The number of hydrogen-bond acceptors (Lipinski definition) is 15. The maximum atomic E-state index is 13.9. The van der Waals surface area contributed by atoms with Gasteiger partial charge in [-0.1, -0.05) is 117 Å². The van der Waals surface area contributed by atoms with Crippen molar-refractivity contribution in [1.82, 2.24) is 4.90 Å². The Balaban J connectivity index is 5.41. The van der Waals surface area contributed by atoms with E-state index in [4.69, 9.17) is 33.2 Å². The first-order chi connectivity index (χ1) is 31.4. The van der Waals surface area contributed by atoms with Crippen LogP contribution < -0.4 is 0 Å². The Kier molecular flexibility index (Phi) is 40.4. The minimum atomic E-state index is -2.33. The Hall–Kier alpha value is -3.75. The summed E-state index contributed by atoms with van der Waals surface area (Å²) in [6.45, 7) is 7.93. The number of rotatable bonds is 45. The van der Waals surface area contributed by atoms with Gasteiger partial charge in [0.15, 0.2) is 0 Å². The van der Waals surface area contributed by atoms with E-state index in [1.165, 1.54) is 0 Å². The van der Waals surface area contributed by atoms with E-state index in [9.17, 15) is 33.6 Å². The molecule has 0 aliphatic rings.